The topological polar surface area (TPSA) is 36.0 Å². The van der Waals surface area contributed by atoms with Gasteiger partial charge in [-0.25, -0.2) is 0 Å². The van der Waals surface area contributed by atoms with Crippen molar-refractivity contribution >= 4 is 45.3 Å². The molecule has 0 saturated carbocycles. The Balaban J connectivity index is 0.000000256. The fourth-order valence-corrected chi connectivity index (χ4v) is 6.67. The van der Waals surface area contributed by atoms with E-state index in [-0.39, 0.29) is 6.10 Å². The average Bonchev–Trinajstić information content (AvgIpc) is 3.13. The quantitative estimate of drug-likeness (QED) is 0.238. The second-order valence-electron chi connectivity index (χ2n) is 9.16. The van der Waals surface area contributed by atoms with Crippen LogP contribution in [-0.2, 0) is 23.2 Å². The Kier molecular flexibility index (Phi) is 11.3. The maximum Gasteiger partial charge on any atom is 0.0141 e. The first-order valence-corrected chi connectivity index (χ1v) is 18.5. The summed E-state index contributed by atoms with van der Waals surface area (Å²) in [4.78, 5) is 5.22. The Morgan fingerprint density at radius 3 is 2.20 bits per heavy atom. The molecule has 1 unspecified atom stereocenters. The van der Waals surface area contributed by atoms with Gasteiger partial charge in [-0.1, -0.05) is 17.7 Å². The smallest absolute Gasteiger partial charge is 0.0141 e. The third-order valence-electron chi connectivity index (χ3n) is 5.44. The van der Waals surface area contributed by atoms with E-state index in [1.165, 1.54) is 22.4 Å². The average molecular weight is 629 g/mol. The van der Waals surface area contributed by atoms with Gasteiger partial charge < -0.3 is 9.80 Å². The van der Waals surface area contributed by atoms with Gasteiger partial charge in [-0.05, 0) is 45.5 Å². The van der Waals surface area contributed by atoms with Gasteiger partial charge in [0.2, 0.25) is 0 Å². The van der Waals surface area contributed by atoms with Crippen molar-refractivity contribution in [2.45, 2.75) is 45.6 Å². The number of nitrogens with zero attached hydrogens (tertiary/aromatic N) is 3. The van der Waals surface area contributed by atoms with Crippen molar-refractivity contribution in [1.82, 2.24) is 9.21 Å². The minimum atomic E-state index is -2.49. The molecule has 0 spiro atoms. The molecule has 198 valence electrons. The number of anilines is 1. The predicted molar refractivity (Wildman–Crippen MR) is 151 cm³/mol. The molecule has 3 rings (SSSR count). The summed E-state index contributed by atoms with van der Waals surface area (Å²) in [5.74, 6) is 4.49. The SMILES string of the molecule is C=S(=O)(c1ccc(OC(C)C)c([CH]=[Ru]([Cl])[Cl])c1)N(C)C.Cc1cc(C)c(N2[CH-]N(C)CC2)c(C)c1. The van der Waals surface area contributed by atoms with Gasteiger partial charge in [0.25, 0.3) is 0 Å². The molecule has 0 bridgehead atoms. The van der Waals surface area contributed by atoms with Crippen molar-refractivity contribution in [3.8, 4) is 5.75 Å². The van der Waals surface area contributed by atoms with Gasteiger partial charge in [0.05, 0.1) is 0 Å². The Morgan fingerprint density at radius 1 is 1.14 bits per heavy atom. The number of aryl methyl sites for hydroxylation is 3. The molecule has 0 N–H and O–H groups in total. The van der Waals surface area contributed by atoms with Crippen molar-refractivity contribution in [2.75, 3.05) is 39.1 Å². The first-order chi connectivity index (χ1) is 16.2. The molecular weight excluding hydrogens is 590 g/mol. The second-order valence-corrected chi connectivity index (χ2v) is 17.4. The van der Waals surface area contributed by atoms with Crippen LogP contribution in [0, 0.1) is 27.4 Å². The van der Waals surface area contributed by atoms with Gasteiger partial charge >= 0.3 is 135 Å². The summed E-state index contributed by atoms with van der Waals surface area (Å²) in [7, 11) is 15.0. The van der Waals surface area contributed by atoms with Crippen LogP contribution >= 0.6 is 19.4 Å². The van der Waals surface area contributed by atoms with Gasteiger partial charge in [0, 0.05) is 12.2 Å². The molecule has 1 heterocycles. The van der Waals surface area contributed by atoms with Crippen molar-refractivity contribution in [1.29, 1.82) is 0 Å². The fraction of sp³-hybridized carbons (Fsp3) is 0.423. The molecule has 1 atom stereocenters. The largest absolute Gasteiger partial charge is 0.507 e. The Bertz CT molecular complexity index is 1140. The van der Waals surface area contributed by atoms with Crippen molar-refractivity contribution < 1.29 is 22.5 Å². The summed E-state index contributed by atoms with van der Waals surface area (Å²) in [5.41, 5.74) is 6.25. The van der Waals surface area contributed by atoms with Crippen LogP contribution < -0.4 is 9.64 Å². The molecule has 0 radical (unpaired) electrons. The summed E-state index contributed by atoms with van der Waals surface area (Å²) in [6.45, 7) is 14.8. The third-order valence-corrected chi connectivity index (χ3v) is 9.44. The van der Waals surface area contributed by atoms with E-state index in [4.69, 9.17) is 24.1 Å². The van der Waals surface area contributed by atoms with Crippen LogP contribution in [0.5, 0.6) is 5.75 Å². The van der Waals surface area contributed by atoms with Crippen LogP contribution in [0.4, 0.5) is 5.69 Å². The molecule has 1 fully saturated rings. The molecule has 1 aliphatic heterocycles. The molecule has 2 aromatic rings. The Morgan fingerprint density at radius 2 is 1.74 bits per heavy atom. The maximum absolute atomic E-state index is 12.6. The summed E-state index contributed by atoms with van der Waals surface area (Å²) in [6.07, 6.45) is 0.0391. The van der Waals surface area contributed by atoms with Crippen LogP contribution in [0.3, 0.4) is 0 Å². The van der Waals surface area contributed by atoms with Crippen molar-refractivity contribution in [2.24, 2.45) is 0 Å². The van der Waals surface area contributed by atoms with Gasteiger partial charge in [0.1, 0.15) is 0 Å². The molecule has 5 nitrogen and oxygen atoms in total. The third kappa shape index (κ3) is 8.55. The number of ether oxygens (including phenoxy) is 1. The molecule has 1 aliphatic rings. The van der Waals surface area contributed by atoms with E-state index in [1.807, 2.05) is 13.8 Å². The van der Waals surface area contributed by atoms with Crippen molar-refractivity contribution in [3.63, 3.8) is 0 Å². The van der Waals surface area contributed by atoms with Crippen LogP contribution in [-0.4, -0.2) is 64.2 Å². The number of benzene rings is 2. The molecule has 0 aromatic heterocycles. The van der Waals surface area contributed by atoms with Crippen LogP contribution in [0.1, 0.15) is 36.1 Å². The molecule has 9 heteroatoms. The Labute approximate surface area is 225 Å². The fourth-order valence-electron chi connectivity index (χ4n) is 3.87. The van der Waals surface area contributed by atoms with Gasteiger partial charge in [-0.2, -0.15) is 6.67 Å². The number of rotatable bonds is 6. The zero-order valence-electron chi connectivity index (χ0n) is 21.9. The van der Waals surface area contributed by atoms with E-state index in [0.717, 1.165) is 18.7 Å². The number of halogens is 2. The molecular formula is C26H38Cl2N3O2RuS-. The number of hydrogen-bond acceptors (Lipinski definition) is 4. The summed E-state index contributed by atoms with van der Waals surface area (Å²) in [5, 5.41) is 0. The molecule has 35 heavy (non-hydrogen) atoms. The normalized spacial score (nSPS) is 16.1. The number of hydrogen-bond donors (Lipinski definition) is 0. The number of likely N-dealkylation sites (N-methyl/N-ethyl adjacent to an activating group) is 1. The van der Waals surface area contributed by atoms with Crippen LogP contribution in [0.15, 0.2) is 35.2 Å². The van der Waals surface area contributed by atoms with E-state index in [2.05, 4.69) is 62.3 Å². The predicted octanol–water partition coefficient (Wildman–Crippen LogP) is 5.58. The minimum absolute atomic E-state index is 0.0391. The molecule has 2 aromatic carbocycles. The summed E-state index contributed by atoms with van der Waals surface area (Å²) >= 11 is -2.00. The van der Waals surface area contributed by atoms with E-state index >= 15 is 0 Å². The summed E-state index contributed by atoms with van der Waals surface area (Å²) < 4.78 is 21.7. The van der Waals surface area contributed by atoms with Gasteiger partial charge in [0.15, 0.2) is 0 Å². The minimum Gasteiger partial charge on any atom is -0.507 e. The first-order valence-electron chi connectivity index (χ1n) is 11.3. The van der Waals surface area contributed by atoms with E-state index in [9.17, 15) is 4.21 Å². The zero-order chi connectivity index (χ0) is 26.5. The maximum atomic E-state index is 12.6. The first kappa shape index (κ1) is 30.3. The van der Waals surface area contributed by atoms with E-state index in [0.29, 0.717) is 10.6 Å². The van der Waals surface area contributed by atoms with Gasteiger partial charge in [-0.15, -0.1) is 0 Å². The van der Waals surface area contributed by atoms with E-state index in [1.54, 1.807) is 41.2 Å². The zero-order valence-corrected chi connectivity index (χ0v) is 26.0. The van der Waals surface area contributed by atoms with Crippen LogP contribution in [0.25, 0.3) is 0 Å². The standard InChI is InChI=1S/C13H19N2.C13H19NO2S.2ClH.Ru/c1-10-7-11(2)13(12(3)8-10)15-6-5-14(4)9-15;1-10(2)16-13-8-7-12(9-11(13)3)17(6,15)14(4)5;;;/h7-9H,5-6H2,1-4H3;3,7-10H,6H2,1-2,4-5H3;2*1H;/q-1;;;;+2/p-2. The second kappa shape index (κ2) is 13.0. The van der Waals surface area contributed by atoms with E-state index < -0.39 is 23.2 Å². The molecule has 0 aliphatic carbocycles. The molecule has 0 amide bonds. The Hall–Kier alpha value is -0.947. The van der Waals surface area contributed by atoms with Crippen LogP contribution in [0.2, 0.25) is 0 Å². The molecule has 1 saturated heterocycles. The monoisotopic (exact) mass is 628 g/mol. The summed E-state index contributed by atoms with van der Waals surface area (Å²) in [6, 6.07) is 9.87. The van der Waals surface area contributed by atoms with Crippen molar-refractivity contribution in [3.05, 3.63) is 59.3 Å². The van der Waals surface area contributed by atoms with Gasteiger partial charge in [-0.3, -0.25) is 0 Å².